The molecule has 0 aliphatic carbocycles. The normalized spacial score (nSPS) is 12.7. The molecule has 0 saturated heterocycles. The van der Waals surface area contributed by atoms with Gasteiger partial charge in [0.15, 0.2) is 0 Å². The van der Waals surface area contributed by atoms with E-state index in [1.165, 1.54) is 17.0 Å². The molecule has 41 heavy (non-hydrogen) atoms. The lowest BCUT2D eigenvalue weighted by Crippen LogP contribution is -2.55. The molecule has 2 rings (SSSR count). The molecule has 0 radical (unpaired) electrons. The van der Waals surface area contributed by atoms with Gasteiger partial charge in [0.25, 0.3) is 0 Å². The van der Waals surface area contributed by atoms with Gasteiger partial charge >= 0.3 is 12.1 Å². The van der Waals surface area contributed by atoms with Crippen LogP contribution in [-0.2, 0) is 30.3 Å². The molecule has 0 fully saturated rings. The molecule has 2 unspecified atom stereocenters. The molecule has 0 heterocycles. The van der Waals surface area contributed by atoms with Crippen LogP contribution in [0.4, 0.5) is 4.79 Å². The van der Waals surface area contributed by atoms with E-state index in [2.05, 4.69) is 10.6 Å². The van der Waals surface area contributed by atoms with Crippen molar-refractivity contribution in [2.75, 3.05) is 13.2 Å². The lowest BCUT2D eigenvalue weighted by molar-refractivity contribution is -0.145. The Morgan fingerprint density at radius 2 is 1.59 bits per heavy atom. The van der Waals surface area contributed by atoms with Crippen LogP contribution in [0.25, 0.3) is 0 Å². The number of aryl methyl sites for hydroxylation is 1. The van der Waals surface area contributed by atoms with Gasteiger partial charge in [-0.15, -0.1) is 0 Å². The molecule has 2 aromatic carbocycles. The number of alkyl carbamates (subject to hydrolysis) is 1. The first-order valence-corrected chi connectivity index (χ1v) is 13.8. The van der Waals surface area contributed by atoms with Crippen molar-refractivity contribution in [2.24, 2.45) is 0 Å². The third-order valence-corrected chi connectivity index (χ3v) is 6.03. The number of amides is 3. The van der Waals surface area contributed by atoms with Crippen LogP contribution in [-0.4, -0.2) is 64.7 Å². The highest BCUT2D eigenvalue weighted by Gasteiger charge is 2.38. The number of ether oxygens (including phenoxy) is 2. The Bertz CT molecular complexity index is 1170. The Morgan fingerprint density at radius 1 is 0.976 bits per heavy atom. The van der Waals surface area contributed by atoms with Crippen LogP contribution in [0.3, 0.4) is 0 Å². The van der Waals surface area contributed by atoms with E-state index >= 15 is 0 Å². The number of nitrogens with zero attached hydrogens (tertiary/aromatic N) is 1. The number of rotatable bonds is 12. The average Bonchev–Trinajstić information content (AvgIpc) is 2.87. The summed E-state index contributed by atoms with van der Waals surface area (Å²) < 4.78 is 10.4. The first-order valence-electron chi connectivity index (χ1n) is 13.8. The number of esters is 1. The third-order valence-electron chi connectivity index (χ3n) is 6.03. The van der Waals surface area contributed by atoms with Gasteiger partial charge < -0.3 is 30.1 Å². The summed E-state index contributed by atoms with van der Waals surface area (Å²) >= 11 is 0. The summed E-state index contributed by atoms with van der Waals surface area (Å²) in [7, 11) is 0. The fourth-order valence-electron chi connectivity index (χ4n) is 4.18. The van der Waals surface area contributed by atoms with E-state index < -0.39 is 47.6 Å². The second kappa shape index (κ2) is 15.1. The molecule has 0 saturated carbocycles. The zero-order chi connectivity index (χ0) is 30.7. The van der Waals surface area contributed by atoms with Crippen molar-refractivity contribution in [3.8, 4) is 5.75 Å². The van der Waals surface area contributed by atoms with Gasteiger partial charge in [-0.2, -0.15) is 0 Å². The Labute approximate surface area is 242 Å². The largest absolute Gasteiger partial charge is 0.508 e. The predicted molar refractivity (Wildman–Crippen MR) is 155 cm³/mol. The second-order valence-electron chi connectivity index (χ2n) is 11.1. The van der Waals surface area contributed by atoms with Crippen molar-refractivity contribution in [2.45, 2.75) is 85.0 Å². The van der Waals surface area contributed by atoms with Gasteiger partial charge in [0, 0.05) is 19.0 Å². The monoisotopic (exact) mass is 569 g/mol. The number of benzene rings is 2. The van der Waals surface area contributed by atoms with Crippen LogP contribution in [0.15, 0.2) is 48.5 Å². The minimum absolute atomic E-state index is 0.0144. The number of phenolic OH excluding ortho intramolecular Hbond substituents is 1. The Hall–Kier alpha value is -4.08. The molecule has 0 spiro atoms. The molecule has 0 bridgehead atoms. The maximum Gasteiger partial charge on any atom is 0.408 e. The predicted octanol–water partition coefficient (Wildman–Crippen LogP) is 4.18. The van der Waals surface area contributed by atoms with Crippen LogP contribution in [0.1, 0.15) is 70.7 Å². The molecule has 2 aromatic rings. The topological polar surface area (TPSA) is 134 Å². The summed E-state index contributed by atoms with van der Waals surface area (Å²) in [5.41, 5.74) is 1.45. The first-order chi connectivity index (χ1) is 19.2. The highest BCUT2D eigenvalue weighted by Crippen LogP contribution is 2.26. The van der Waals surface area contributed by atoms with Crippen molar-refractivity contribution < 1.29 is 33.8 Å². The maximum atomic E-state index is 14.3. The van der Waals surface area contributed by atoms with Crippen LogP contribution in [0, 0.1) is 6.92 Å². The lowest BCUT2D eigenvalue weighted by Gasteiger charge is -2.37. The van der Waals surface area contributed by atoms with Gasteiger partial charge in [-0.3, -0.25) is 14.4 Å². The van der Waals surface area contributed by atoms with Crippen LogP contribution in [0.2, 0.25) is 0 Å². The van der Waals surface area contributed by atoms with E-state index in [0.29, 0.717) is 11.1 Å². The van der Waals surface area contributed by atoms with Gasteiger partial charge in [-0.05, 0) is 71.7 Å². The van der Waals surface area contributed by atoms with Crippen LogP contribution in [0.5, 0.6) is 5.75 Å². The quantitative estimate of drug-likeness (QED) is 0.327. The molecule has 2 atom stereocenters. The molecule has 0 aromatic heterocycles. The van der Waals surface area contributed by atoms with E-state index in [4.69, 9.17) is 9.47 Å². The number of carbonyl (C=O) groups is 4. The zero-order valence-corrected chi connectivity index (χ0v) is 25.0. The Balaban J connectivity index is 2.47. The summed E-state index contributed by atoms with van der Waals surface area (Å²) in [4.78, 5) is 54.0. The summed E-state index contributed by atoms with van der Waals surface area (Å²) in [6, 6.07) is 11.0. The van der Waals surface area contributed by atoms with E-state index in [9.17, 15) is 24.3 Å². The standard InChI is InChI=1S/C31H43N3O7/c1-8-40-26(36)17-18-32-28(37)27(23-13-9-21(4)10-14-23)34(20(2)3)29(38)25(33-30(39)41-31(5,6)7)19-22-11-15-24(35)16-12-22/h9-16,20,25,27,35H,8,17-19H2,1-7H3,(H,32,37)(H,33,39). The first kappa shape index (κ1) is 33.1. The number of carbonyl (C=O) groups excluding carboxylic acids is 4. The number of nitrogens with one attached hydrogen (secondary N) is 2. The molecule has 10 nitrogen and oxygen atoms in total. The summed E-state index contributed by atoms with van der Waals surface area (Å²) in [5.74, 6) is -1.34. The summed E-state index contributed by atoms with van der Waals surface area (Å²) in [6.07, 6.45) is -0.698. The zero-order valence-electron chi connectivity index (χ0n) is 25.0. The molecule has 0 aliphatic rings. The molecule has 224 valence electrons. The van der Waals surface area contributed by atoms with E-state index in [1.54, 1.807) is 65.8 Å². The highest BCUT2D eigenvalue weighted by molar-refractivity contribution is 5.92. The van der Waals surface area contributed by atoms with Crippen molar-refractivity contribution in [3.05, 3.63) is 65.2 Å². The molecular weight excluding hydrogens is 526 g/mol. The fraction of sp³-hybridized carbons (Fsp3) is 0.484. The molecule has 3 N–H and O–H groups in total. The van der Waals surface area contributed by atoms with Gasteiger partial charge in [0.1, 0.15) is 23.4 Å². The van der Waals surface area contributed by atoms with Crippen molar-refractivity contribution in [1.82, 2.24) is 15.5 Å². The number of hydrogen-bond acceptors (Lipinski definition) is 7. The van der Waals surface area contributed by atoms with E-state index in [1.807, 2.05) is 19.1 Å². The molecular formula is C31H43N3O7. The van der Waals surface area contributed by atoms with E-state index in [-0.39, 0.29) is 31.7 Å². The summed E-state index contributed by atoms with van der Waals surface area (Å²) in [6.45, 7) is 12.6. The maximum absolute atomic E-state index is 14.3. The fourth-order valence-corrected chi connectivity index (χ4v) is 4.18. The smallest absolute Gasteiger partial charge is 0.408 e. The summed E-state index contributed by atoms with van der Waals surface area (Å²) in [5, 5.41) is 15.2. The van der Waals surface area contributed by atoms with Gasteiger partial charge in [0.2, 0.25) is 11.8 Å². The second-order valence-corrected chi connectivity index (χ2v) is 11.1. The van der Waals surface area contributed by atoms with Crippen LogP contribution < -0.4 is 10.6 Å². The molecule has 0 aliphatic heterocycles. The number of phenols is 1. The number of aromatic hydroxyl groups is 1. The Morgan fingerprint density at radius 3 is 2.12 bits per heavy atom. The highest BCUT2D eigenvalue weighted by atomic mass is 16.6. The molecule has 3 amide bonds. The van der Waals surface area contributed by atoms with Gasteiger partial charge in [-0.1, -0.05) is 42.0 Å². The SMILES string of the molecule is CCOC(=O)CCNC(=O)C(c1ccc(C)cc1)N(C(=O)C(Cc1ccc(O)cc1)NC(=O)OC(C)(C)C)C(C)C. The third kappa shape index (κ3) is 10.8. The van der Waals surface area contributed by atoms with Gasteiger partial charge in [0.05, 0.1) is 13.0 Å². The van der Waals surface area contributed by atoms with Crippen molar-refractivity contribution >= 4 is 23.9 Å². The Kier molecular flexibility index (Phi) is 12.2. The van der Waals surface area contributed by atoms with Crippen LogP contribution >= 0.6 is 0 Å². The van der Waals surface area contributed by atoms with E-state index in [0.717, 1.165) is 5.56 Å². The molecule has 10 heteroatoms. The average molecular weight is 570 g/mol. The van der Waals surface area contributed by atoms with Gasteiger partial charge in [-0.25, -0.2) is 4.79 Å². The minimum Gasteiger partial charge on any atom is -0.508 e. The van der Waals surface area contributed by atoms with Crippen molar-refractivity contribution in [3.63, 3.8) is 0 Å². The van der Waals surface area contributed by atoms with Crippen molar-refractivity contribution in [1.29, 1.82) is 0 Å². The minimum atomic E-state index is -1.09. The number of hydrogen-bond donors (Lipinski definition) is 3. The lowest BCUT2D eigenvalue weighted by atomic mass is 9.98.